The van der Waals surface area contributed by atoms with Crippen molar-refractivity contribution in [2.75, 3.05) is 5.32 Å². The van der Waals surface area contributed by atoms with Crippen molar-refractivity contribution in [1.29, 1.82) is 5.26 Å². The highest BCUT2D eigenvalue weighted by Gasteiger charge is 2.09. The van der Waals surface area contributed by atoms with E-state index in [0.29, 0.717) is 24.3 Å². The minimum Gasteiger partial charge on any atom is -0.338 e. The second-order valence-electron chi connectivity index (χ2n) is 4.23. The van der Waals surface area contributed by atoms with Crippen LogP contribution in [0.5, 0.6) is 0 Å². The Morgan fingerprint density at radius 1 is 1.15 bits per heavy atom. The van der Waals surface area contributed by atoms with Crippen LogP contribution < -0.4 is 5.32 Å². The summed E-state index contributed by atoms with van der Waals surface area (Å²) in [7, 11) is 0. The van der Waals surface area contributed by atoms with Crippen LogP contribution in [-0.2, 0) is 6.54 Å². The van der Waals surface area contributed by atoms with Crippen LogP contribution >= 0.6 is 0 Å². The van der Waals surface area contributed by atoms with Crippen molar-refractivity contribution in [2.24, 2.45) is 0 Å². The molecule has 0 unspecified atom stereocenters. The fourth-order valence-electron chi connectivity index (χ4n) is 1.96. The first-order valence-electron chi connectivity index (χ1n) is 6.23. The first kappa shape index (κ1) is 12.1. The number of hydrogen-bond acceptors (Lipinski definition) is 5. The van der Waals surface area contributed by atoms with Gasteiger partial charge in [0.2, 0.25) is 0 Å². The Hall–Kier alpha value is -2.94. The van der Waals surface area contributed by atoms with Gasteiger partial charge in [-0.3, -0.25) is 0 Å². The summed E-state index contributed by atoms with van der Waals surface area (Å²) in [5, 5.41) is 11.9. The third-order valence-electron chi connectivity index (χ3n) is 2.90. The van der Waals surface area contributed by atoms with Crippen molar-refractivity contribution in [3.63, 3.8) is 0 Å². The fourth-order valence-corrected chi connectivity index (χ4v) is 1.96. The maximum absolute atomic E-state index is 8.66. The fraction of sp³-hybridized carbons (Fsp3) is 0.143. The van der Waals surface area contributed by atoms with Crippen LogP contribution in [0, 0.1) is 11.3 Å². The topological polar surface area (TPSA) is 79.4 Å². The minimum atomic E-state index is 0.427. The van der Waals surface area contributed by atoms with Gasteiger partial charge >= 0.3 is 0 Å². The monoisotopic (exact) mass is 264 g/mol. The highest BCUT2D eigenvalue weighted by Crippen LogP contribution is 2.21. The summed E-state index contributed by atoms with van der Waals surface area (Å²) >= 11 is 0. The molecule has 2 aromatic heterocycles. The SMILES string of the molecule is N#CCCn1cnc2c(Nc3ccccc3)ncnc21. The van der Waals surface area contributed by atoms with Crippen LogP contribution in [0.3, 0.4) is 0 Å². The molecule has 0 bridgehead atoms. The van der Waals surface area contributed by atoms with Crippen LogP contribution in [-0.4, -0.2) is 19.5 Å². The smallest absolute Gasteiger partial charge is 0.165 e. The van der Waals surface area contributed by atoms with E-state index < -0.39 is 0 Å². The molecule has 20 heavy (non-hydrogen) atoms. The molecule has 0 radical (unpaired) electrons. The van der Waals surface area contributed by atoms with E-state index in [1.807, 2.05) is 34.9 Å². The van der Waals surface area contributed by atoms with Crippen molar-refractivity contribution in [1.82, 2.24) is 19.5 Å². The van der Waals surface area contributed by atoms with Crippen LogP contribution in [0.2, 0.25) is 0 Å². The second-order valence-corrected chi connectivity index (χ2v) is 4.23. The number of aryl methyl sites for hydroxylation is 1. The molecular weight excluding hydrogens is 252 g/mol. The molecule has 1 aromatic carbocycles. The summed E-state index contributed by atoms with van der Waals surface area (Å²) in [5.41, 5.74) is 2.38. The average Bonchev–Trinajstić information content (AvgIpc) is 2.90. The molecule has 2 heterocycles. The van der Waals surface area contributed by atoms with E-state index in [0.717, 1.165) is 11.3 Å². The zero-order chi connectivity index (χ0) is 13.8. The Kier molecular flexibility index (Phi) is 3.25. The van der Waals surface area contributed by atoms with E-state index in [2.05, 4.69) is 26.3 Å². The summed E-state index contributed by atoms with van der Waals surface area (Å²) in [6.45, 7) is 0.578. The van der Waals surface area contributed by atoms with Crippen molar-refractivity contribution < 1.29 is 0 Å². The molecule has 3 aromatic rings. The molecule has 1 N–H and O–H groups in total. The number of imidazole rings is 1. The number of fused-ring (bicyclic) bond motifs is 1. The highest BCUT2D eigenvalue weighted by molar-refractivity contribution is 5.84. The van der Waals surface area contributed by atoms with Crippen LogP contribution in [0.25, 0.3) is 11.2 Å². The van der Waals surface area contributed by atoms with E-state index in [1.54, 1.807) is 6.33 Å². The van der Waals surface area contributed by atoms with Gasteiger partial charge in [0.25, 0.3) is 0 Å². The van der Waals surface area contributed by atoms with E-state index in [-0.39, 0.29) is 0 Å². The Morgan fingerprint density at radius 3 is 2.80 bits per heavy atom. The summed E-state index contributed by atoms with van der Waals surface area (Å²) in [4.78, 5) is 12.8. The lowest BCUT2D eigenvalue weighted by molar-refractivity contribution is 0.729. The average molecular weight is 264 g/mol. The Balaban J connectivity index is 1.96. The number of nitrogens with zero attached hydrogens (tertiary/aromatic N) is 5. The quantitative estimate of drug-likeness (QED) is 0.783. The maximum atomic E-state index is 8.66. The Morgan fingerprint density at radius 2 is 2.00 bits per heavy atom. The van der Waals surface area contributed by atoms with Gasteiger partial charge in [-0.2, -0.15) is 5.26 Å². The molecule has 0 atom stereocenters. The molecule has 6 heteroatoms. The van der Waals surface area contributed by atoms with Gasteiger partial charge in [-0.1, -0.05) is 18.2 Å². The number of aromatic nitrogens is 4. The highest BCUT2D eigenvalue weighted by atomic mass is 15.1. The number of nitrogens with one attached hydrogen (secondary N) is 1. The second kappa shape index (κ2) is 5.36. The van der Waals surface area contributed by atoms with E-state index in [1.165, 1.54) is 6.33 Å². The van der Waals surface area contributed by atoms with Crippen molar-refractivity contribution in [2.45, 2.75) is 13.0 Å². The molecule has 0 amide bonds. The molecule has 0 spiro atoms. The predicted octanol–water partition coefficient (Wildman–Crippen LogP) is 2.48. The van der Waals surface area contributed by atoms with Crippen LogP contribution in [0.1, 0.15) is 6.42 Å². The molecule has 0 aliphatic rings. The van der Waals surface area contributed by atoms with Gasteiger partial charge in [-0.15, -0.1) is 0 Å². The van der Waals surface area contributed by atoms with Gasteiger partial charge in [0.05, 0.1) is 18.8 Å². The third-order valence-corrected chi connectivity index (χ3v) is 2.90. The van der Waals surface area contributed by atoms with Gasteiger partial charge in [0.1, 0.15) is 6.33 Å². The van der Waals surface area contributed by atoms with Gasteiger partial charge < -0.3 is 9.88 Å². The Bertz CT molecular complexity index is 756. The minimum absolute atomic E-state index is 0.427. The lowest BCUT2D eigenvalue weighted by Crippen LogP contribution is -1.99. The molecule has 6 nitrogen and oxygen atoms in total. The van der Waals surface area contributed by atoms with Gasteiger partial charge in [-0.25, -0.2) is 15.0 Å². The number of hydrogen-bond donors (Lipinski definition) is 1. The largest absolute Gasteiger partial charge is 0.338 e. The van der Waals surface area contributed by atoms with Gasteiger partial charge in [0.15, 0.2) is 17.0 Å². The number of rotatable bonds is 4. The van der Waals surface area contributed by atoms with E-state index in [9.17, 15) is 0 Å². The summed E-state index contributed by atoms with van der Waals surface area (Å²) in [6, 6.07) is 11.9. The molecule has 98 valence electrons. The third kappa shape index (κ3) is 2.29. The van der Waals surface area contributed by atoms with Crippen molar-refractivity contribution in [3.8, 4) is 6.07 Å². The van der Waals surface area contributed by atoms with Crippen molar-refractivity contribution in [3.05, 3.63) is 43.0 Å². The normalized spacial score (nSPS) is 10.3. The van der Waals surface area contributed by atoms with E-state index >= 15 is 0 Å². The molecular formula is C14H12N6. The summed E-state index contributed by atoms with van der Waals surface area (Å²) in [5.74, 6) is 0.664. The van der Waals surface area contributed by atoms with Gasteiger partial charge in [0, 0.05) is 12.2 Å². The summed E-state index contributed by atoms with van der Waals surface area (Å²) < 4.78 is 1.86. The maximum Gasteiger partial charge on any atom is 0.165 e. The molecule has 0 fully saturated rings. The zero-order valence-corrected chi connectivity index (χ0v) is 10.7. The first-order valence-corrected chi connectivity index (χ1v) is 6.23. The molecule has 0 aliphatic heterocycles. The van der Waals surface area contributed by atoms with Crippen LogP contribution in [0.4, 0.5) is 11.5 Å². The first-order chi connectivity index (χ1) is 9.88. The standard InChI is InChI=1S/C14H12N6/c15-7-4-8-20-10-18-12-13(16-9-17-14(12)20)19-11-5-2-1-3-6-11/h1-3,5-6,9-10H,4,8H2,(H,16,17,19). The van der Waals surface area contributed by atoms with Gasteiger partial charge in [-0.05, 0) is 12.1 Å². The molecule has 0 saturated carbocycles. The number of para-hydroxylation sites is 1. The van der Waals surface area contributed by atoms with Crippen molar-refractivity contribution >= 4 is 22.7 Å². The van der Waals surface area contributed by atoms with Crippen LogP contribution in [0.15, 0.2) is 43.0 Å². The molecule has 0 saturated heterocycles. The predicted molar refractivity (Wildman–Crippen MR) is 75.3 cm³/mol. The number of anilines is 2. The molecule has 0 aliphatic carbocycles. The van der Waals surface area contributed by atoms with E-state index in [4.69, 9.17) is 5.26 Å². The summed E-state index contributed by atoms with van der Waals surface area (Å²) in [6.07, 6.45) is 3.61. The lowest BCUT2D eigenvalue weighted by atomic mass is 10.3. The molecule has 3 rings (SSSR count). The number of benzene rings is 1. The zero-order valence-electron chi connectivity index (χ0n) is 10.7. The lowest BCUT2D eigenvalue weighted by Gasteiger charge is -2.05. The Labute approximate surface area is 115 Å². The number of nitriles is 1.